The Hall–Kier alpha value is -0.370. The van der Waals surface area contributed by atoms with Crippen molar-refractivity contribution in [3.8, 4) is 0 Å². The van der Waals surface area contributed by atoms with Gasteiger partial charge in [-0.1, -0.05) is 6.92 Å². The Labute approximate surface area is 131 Å². The summed E-state index contributed by atoms with van der Waals surface area (Å²) in [6.07, 6.45) is 3.80. The SMILES string of the molecule is CN=C(NCC(C)SC)N(C)Cc1ccco1.I. The smallest absolute Gasteiger partial charge is 0.193 e. The number of thioether (sulfide) groups is 1. The Morgan fingerprint density at radius 2 is 2.33 bits per heavy atom. The summed E-state index contributed by atoms with van der Waals surface area (Å²) in [4.78, 5) is 6.30. The topological polar surface area (TPSA) is 40.8 Å². The van der Waals surface area contributed by atoms with Crippen LogP contribution in [0, 0.1) is 0 Å². The average Bonchev–Trinajstić information content (AvgIpc) is 2.82. The predicted octanol–water partition coefficient (Wildman–Crippen LogP) is 2.66. The molecule has 1 aromatic heterocycles. The predicted molar refractivity (Wildman–Crippen MR) is 89.9 cm³/mol. The second kappa shape index (κ2) is 9.55. The van der Waals surface area contributed by atoms with Crippen LogP contribution in [-0.2, 0) is 6.54 Å². The molecule has 1 N–H and O–H groups in total. The first-order valence-electron chi connectivity index (χ1n) is 5.64. The first-order chi connectivity index (χ1) is 8.17. The molecule has 0 aromatic carbocycles. The van der Waals surface area contributed by atoms with Gasteiger partial charge in [0.05, 0.1) is 12.8 Å². The summed E-state index contributed by atoms with van der Waals surface area (Å²) in [5.41, 5.74) is 0. The summed E-state index contributed by atoms with van der Waals surface area (Å²) in [6.45, 7) is 3.83. The van der Waals surface area contributed by atoms with E-state index in [1.54, 1.807) is 13.3 Å². The highest BCUT2D eigenvalue weighted by molar-refractivity contribution is 14.0. The largest absolute Gasteiger partial charge is 0.467 e. The molecule has 0 saturated heterocycles. The van der Waals surface area contributed by atoms with Gasteiger partial charge in [0, 0.05) is 25.9 Å². The number of rotatable bonds is 5. The van der Waals surface area contributed by atoms with Gasteiger partial charge in [-0.2, -0.15) is 11.8 Å². The minimum atomic E-state index is 0. The van der Waals surface area contributed by atoms with Gasteiger partial charge < -0.3 is 14.6 Å². The van der Waals surface area contributed by atoms with Crippen LogP contribution in [0.3, 0.4) is 0 Å². The summed E-state index contributed by atoms with van der Waals surface area (Å²) in [6, 6.07) is 3.86. The molecular formula is C12H22IN3OS. The molecule has 0 aliphatic heterocycles. The molecular weight excluding hydrogens is 361 g/mol. The maximum absolute atomic E-state index is 5.32. The van der Waals surface area contributed by atoms with Crippen molar-refractivity contribution in [3.05, 3.63) is 24.2 Å². The zero-order valence-corrected chi connectivity index (χ0v) is 14.5. The van der Waals surface area contributed by atoms with E-state index in [2.05, 4.69) is 23.5 Å². The van der Waals surface area contributed by atoms with E-state index in [0.29, 0.717) is 5.25 Å². The normalized spacial score (nSPS) is 12.8. The Morgan fingerprint density at radius 3 is 2.83 bits per heavy atom. The molecule has 0 aliphatic carbocycles. The fourth-order valence-corrected chi connectivity index (χ4v) is 1.66. The van der Waals surface area contributed by atoms with Crippen LogP contribution in [0.25, 0.3) is 0 Å². The Morgan fingerprint density at radius 1 is 1.61 bits per heavy atom. The van der Waals surface area contributed by atoms with Crippen LogP contribution in [-0.4, -0.2) is 43.0 Å². The van der Waals surface area contributed by atoms with Gasteiger partial charge in [0.15, 0.2) is 5.96 Å². The van der Waals surface area contributed by atoms with Crippen molar-refractivity contribution in [1.29, 1.82) is 0 Å². The zero-order valence-electron chi connectivity index (χ0n) is 11.3. The number of nitrogens with one attached hydrogen (secondary N) is 1. The van der Waals surface area contributed by atoms with Gasteiger partial charge in [0.2, 0.25) is 0 Å². The van der Waals surface area contributed by atoms with Crippen LogP contribution in [0.4, 0.5) is 0 Å². The third-order valence-corrected chi connectivity index (χ3v) is 3.47. The number of hydrogen-bond acceptors (Lipinski definition) is 3. The summed E-state index contributed by atoms with van der Waals surface area (Å²) < 4.78 is 5.32. The number of nitrogens with zero attached hydrogens (tertiary/aromatic N) is 2. The van der Waals surface area contributed by atoms with Gasteiger partial charge in [-0.15, -0.1) is 24.0 Å². The summed E-state index contributed by atoms with van der Waals surface area (Å²) in [5, 5.41) is 3.92. The molecule has 4 nitrogen and oxygen atoms in total. The molecule has 0 spiro atoms. The van der Waals surface area contributed by atoms with Crippen LogP contribution in [0.15, 0.2) is 27.8 Å². The molecule has 0 aliphatic rings. The molecule has 1 atom stereocenters. The van der Waals surface area contributed by atoms with E-state index < -0.39 is 0 Å². The van der Waals surface area contributed by atoms with Crippen molar-refractivity contribution < 1.29 is 4.42 Å². The first-order valence-corrected chi connectivity index (χ1v) is 6.93. The Balaban J connectivity index is 0.00000289. The third kappa shape index (κ3) is 5.99. The van der Waals surface area contributed by atoms with Gasteiger partial charge in [0.25, 0.3) is 0 Å². The van der Waals surface area contributed by atoms with E-state index in [-0.39, 0.29) is 24.0 Å². The van der Waals surface area contributed by atoms with Crippen LogP contribution in [0.2, 0.25) is 0 Å². The molecule has 1 heterocycles. The molecule has 1 aromatic rings. The van der Waals surface area contributed by atoms with Crippen LogP contribution in [0.5, 0.6) is 0 Å². The molecule has 18 heavy (non-hydrogen) atoms. The van der Waals surface area contributed by atoms with Gasteiger partial charge in [-0.3, -0.25) is 4.99 Å². The van der Waals surface area contributed by atoms with Crippen LogP contribution in [0.1, 0.15) is 12.7 Å². The third-order valence-electron chi connectivity index (χ3n) is 2.50. The maximum atomic E-state index is 5.32. The van der Waals surface area contributed by atoms with Gasteiger partial charge in [-0.05, 0) is 18.4 Å². The van der Waals surface area contributed by atoms with Crippen molar-refractivity contribution in [2.45, 2.75) is 18.7 Å². The second-order valence-corrected chi connectivity index (χ2v) is 5.19. The van der Waals surface area contributed by atoms with Crippen molar-refractivity contribution in [2.24, 2.45) is 4.99 Å². The van der Waals surface area contributed by atoms with Gasteiger partial charge in [0.1, 0.15) is 5.76 Å². The number of hydrogen-bond donors (Lipinski definition) is 1. The van der Waals surface area contributed by atoms with E-state index in [4.69, 9.17) is 4.42 Å². The van der Waals surface area contributed by atoms with Gasteiger partial charge in [-0.25, -0.2) is 0 Å². The Kier molecular flexibility index (Phi) is 9.35. The van der Waals surface area contributed by atoms with E-state index >= 15 is 0 Å². The number of furan rings is 1. The lowest BCUT2D eigenvalue weighted by Crippen LogP contribution is -2.40. The first kappa shape index (κ1) is 17.6. The lowest BCUT2D eigenvalue weighted by Gasteiger charge is -2.22. The van der Waals surface area contributed by atoms with Crippen molar-refractivity contribution in [2.75, 3.05) is 26.9 Å². The van der Waals surface area contributed by atoms with E-state index in [9.17, 15) is 0 Å². The minimum absolute atomic E-state index is 0. The highest BCUT2D eigenvalue weighted by Gasteiger charge is 2.09. The van der Waals surface area contributed by atoms with Crippen molar-refractivity contribution in [1.82, 2.24) is 10.2 Å². The zero-order chi connectivity index (χ0) is 12.7. The number of halogens is 1. The molecule has 1 rings (SSSR count). The summed E-state index contributed by atoms with van der Waals surface area (Å²) >= 11 is 1.84. The fourth-order valence-electron chi connectivity index (χ4n) is 1.41. The Bertz CT molecular complexity index is 343. The van der Waals surface area contributed by atoms with E-state index in [1.165, 1.54) is 0 Å². The molecule has 0 radical (unpaired) electrons. The molecule has 0 fully saturated rings. The number of guanidine groups is 1. The number of aliphatic imine (C=N–C) groups is 1. The van der Waals surface area contributed by atoms with Gasteiger partial charge >= 0.3 is 0 Å². The summed E-state index contributed by atoms with van der Waals surface area (Å²) in [7, 11) is 3.80. The fraction of sp³-hybridized carbons (Fsp3) is 0.583. The average molecular weight is 383 g/mol. The monoisotopic (exact) mass is 383 g/mol. The quantitative estimate of drug-likeness (QED) is 0.482. The standard InChI is InChI=1S/C12H21N3OS.HI/c1-10(17-4)8-14-12(13-2)15(3)9-11-6-5-7-16-11;/h5-7,10H,8-9H2,1-4H3,(H,13,14);1H. The summed E-state index contributed by atoms with van der Waals surface area (Å²) in [5.74, 6) is 1.83. The molecule has 0 bridgehead atoms. The van der Waals surface area contributed by atoms with E-state index in [1.807, 2.05) is 35.8 Å². The molecule has 0 saturated carbocycles. The maximum Gasteiger partial charge on any atom is 0.193 e. The molecule has 104 valence electrons. The van der Waals surface area contributed by atoms with E-state index in [0.717, 1.165) is 24.8 Å². The van der Waals surface area contributed by atoms with Crippen molar-refractivity contribution >= 4 is 41.7 Å². The highest BCUT2D eigenvalue weighted by atomic mass is 127. The van der Waals surface area contributed by atoms with Crippen LogP contribution >= 0.6 is 35.7 Å². The minimum Gasteiger partial charge on any atom is -0.467 e. The molecule has 6 heteroatoms. The molecule has 0 amide bonds. The lowest BCUT2D eigenvalue weighted by atomic mass is 10.4. The highest BCUT2D eigenvalue weighted by Crippen LogP contribution is 2.05. The lowest BCUT2D eigenvalue weighted by molar-refractivity contribution is 0.400. The van der Waals surface area contributed by atoms with Crippen LogP contribution < -0.4 is 5.32 Å². The van der Waals surface area contributed by atoms with Crippen molar-refractivity contribution in [3.63, 3.8) is 0 Å². The molecule has 1 unspecified atom stereocenters. The second-order valence-electron chi connectivity index (χ2n) is 3.91.